The summed E-state index contributed by atoms with van der Waals surface area (Å²) in [5, 5.41) is 2.78. The largest absolute Gasteiger partial charge is 1.00 e. The second kappa shape index (κ2) is 6.88. The molecular formula is C23H23BrN2. The van der Waals surface area contributed by atoms with Crippen LogP contribution >= 0.6 is 0 Å². The molecule has 2 nitrogen and oxygen atoms in total. The van der Waals surface area contributed by atoms with Gasteiger partial charge in [0.05, 0.1) is 5.52 Å². The Morgan fingerprint density at radius 3 is 2.77 bits per heavy atom. The van der Waals surface area contributed by atoms with E-state index in [9.17, 15) is 0 Å². The summed E-state index contributed by atoms with van der Waals surface area (Å²) in [5.41, 5.74) is 7.32. The van der Waals surface area contributed by atoms with Gasteiger partial charge in [0.1, 0.15) is 0 Å². The third-order valence-corrected chi connectivity index (χ3v) is 5.77. The zero-order chi connectivity index (χ0) is 16.8. The average molecular weight is 407 g/mol. The van der Waals surface area contributed by atoms with Crippen molar-refractivity contribution in [1.29, 1.82) is 0 Å². The second-order valence-corrected chi connectivity index (χ2v) is 7.14. The van der Waals surface area contributed by atoms with E-state index in [0.29, 0.717) is 0 Å². The molecule has 1 aliphatic rings. The van der Waals surface area contributed by atoms with Crippen LogP contribution < -0.4 is 21.5 Å². The number of fused-ring (bicyclic) bond motifs is 1. The molecule has 0 spiro atoms. The Hall–Kier alpha value is -2.13. The maximum atomic E-state index is 2.55. The molecule has 0 saturated heterocycles. The summed E-state index contributed by atoms with van der Waals surface area (Å²) in [6, 6.07) is 19.9. The van der Waals surface area contributed by atoms with Crippen molar-refractivity contribution in [3.8, 4) is 0 Å². The molecule has 3 heteroatoms. The molecule has 0 saturated carbocycles. The molecule has 0 unspecified atom stereocenters. The maximum Gasteiger partial charge on any atom is 0.212 e. The van der Waals surface area contributed by atoms with E-state index in [-0.39, 0.29) is 17.0 Å². The van der Waals surface area contributed by atoms with Gasteiger partial charge in [0.15, 0.2) is 12.7 Å². The van der Waals surface area contributed by atoms with Crippen LogP contribution in [0.5, 0.6) is 0 Å². The van der Waals surface area contributed by atoms with Crippen molar-refractivity contribution in [2.24, 2.45) is 0 Å². The van der Waals surface area contributed by atoms with E-state index < -0.39 is 0 Å². The maximum absolute atomic E-state index is 2.55. The van der Waals surface area contributed by atoms with Crippen LogP contribution in [0.2, 0.25) is 0 Å². The van der Waals surface area contributed by atoms with Crippen LogP contribution in [0.1, 0.15) is 23.2 Å². The van der Waals surface area contributed by atoms with Crippen molar-refractivity contribution >= 4 is 21.8 Å². The third kappa shape index (κ3) is 2.66. The first-order chi connectivity index (χ1) is 12.3. The van der Waals surface area contributed by atoms with Crippen LogP contribution in [0.4, 0.5) is 0 Å². The van der Waals surface area contributed by atoms with Crippen LogP contribution in [0, 0.1) is 6.92 Å². The highest BCUT2D eigenvalue weighted by Crippen LogP contribution is 2.32. The number of pyridine rings is 1. The molecule has 0 bridgehead atoms. The molecule has 2 aromatic carbocycles. The quantitative estimate of drug-likeness (QED) is 0.456. The van der Waals surface area contributed by atoms with Crippen molar-refractivity contribution in [1.82, 2.24) is 4.57 Å². The minimum Gasteiger partial charge on any atom is -1.00 e. The first kappa shape index (κ1) is 17.3. The van der Waals surface area contributed by atoms with E-state index in [2.05, 4.69) is 76.9 Å². The molecule has 4 aromatic rings. The Bertz CT molecular complexity index is 1090. The fourth-order valence-corrected chi connectivity index (χ4v) is 4.55. The van der Waals surface area contributed by atoms with Crippen molar-refractivity contribution in [2.45, 2.75) is 39.3 Å². The highest BCUT2D eigenvalue weighted by Gasteiger charge is 2.20. The Balaban J connectivity index is 0.00000168. The van der Waals surface area contributed by atoms with Gasteiger partial charge >= 0.3 is 0 Å². The lowest BCUT2D eigenvalue weighted by Crippen LogP contribution is -3.00. The molecule has 5 rings (SSSR count). The van der Waals surface area contributed by atoms with Gasteiger partial charge in [-0.3, -0.25) is 0 Å². The molecule has 0 aliphatic carbocycles. The Labute approximate surface area is 164 Å². The molecule has 0 atom stereocenters. The minimum absolute atomic E-state index is 0. The zero-order valence-electron chi connectivity index (χ0n) is 15.1. The van der Waals surface area contributed by atoms with Crippen molar-refractivity contribution in [2.75, 3.05) is 0 Å². The third-order valence-electron chi connectivity index (χ3n) is 5.77. The fraction of sp³-hybridized carbons (Fsp3) is 0.261. The van der Waals surface area contributed by atoms with Gasteiger partial charge in [-0.1, -0.05) is 30.3 Å². The predicted octanol–water partition coefficient (Wildman–Crippen LogP) is 1.58. The van der Waals surface area contributed by atoms with Gasteiger partial charge in [-0.2, -0.15) is 4.57 Å². The lowest BCUT2D eigenvalue weighted by Gasteiger charge is -2.16. The fourth-order valence-electron chi connectivity index (χ4n) is 4.55. The SMILES string of the molecule is Cc1c(CC[n+]2cccc3ccccc32)c2cccc3c2n1CCC3.[Br-]. The van der Waals surface area contributed by atoms with Gasteiger partial charge in [0.25, 0.3) is 0 Å². The number of para-hydroxylation sites is 2. The summed E-state index contributed by atoms with van der Waals surface area (Å²) < 4.78 is 4.94. The molecule has 0 radical (unpaired) electrons. The first-order valence-electron chi connectivity index (χ1n) is 9.30. The number of benzene rings is 2. The summed E-state index contributed by atoms with van der Waals surface area (Å²) in [6.07, 6.45) is 5.77. The minimum atomic E-state index is 0. The molecule has 132 valence electrons. The number of nitrogens with zero attached hydrogens (tertiary/aromatic N) is 2. The van der Waals surface area contributed by atoms with Crippen molar-refractivity contribution in [3.63, 3.8) is 0 Å². The standard InChI is InChI=1S/C23H23N2.BrH/c1-17-20(21-11-4-8-19-10-6-15-25(17)23(19)21)13-16-24-14-5-9-18-7-2-3-12-22(18)24;/h2-5,7-9,11-12,14H,6,10,13,15-16H2,1H3;1H/q+1;/p-1. The number of hydrogen-bond donors (Lipinski definition) is 0. The second-order valence-electron chi connectivity index (χ2n) is 7.14. The average Bonchev–Trinajstić information content (AvgIpc) is 2.94. The number of rotatable bonds is 3. The van der Waals surface area contributed by atoms with Crippen molar-refractivity contribution < 1.29 is 21.5 Å². The molecule has 0 amide bonds. The number of aryl methyl sites for hydroxylation is 4. The topological polar surface area (TPSA) is 8.81 Å². The molecule has 1 aliphatic heterocycles. The molecule has 26 heavy (non-hydrogen) atoms. The van der Waals surface area contributed by atoms with Gasteiger partial charge in [-0.05, 0) is 43.0 Å². The molecule has 0 N–H and O–H groups in total. The van der Waals surface area contributed by atoms with Crippen LogP contribution in [0.3, 0.4) is 0 Å². The van der Waals surface area contributed by atoms with E-state index in [1.165, 1.54) is 58.0 Å². The zero-order valence-corrected chi connectivity index (χ0v) is 16.7. The molecular weight excluding hydrogens is 384 g/mol. The Morgan fingerprint density at radius 2 is 1.85 bits per heavy atom. The predicted molar refractivity (Wildman–Crippen MR) is 103 cm³/mol. The number of halogens is 1. The van der Waals surface area contributed by atoms with Gasteiger partial charge in [0.2, 0.25) is 5.52 Å². The summed E-state index contributed by atoms with van der Waals surface area (Å²) in [6.45, 7) is 4.49. The van der Waals surface area contributed by atoms with E-state index in [0.717, 1.165) is 13.0 Å². The molecule has 2 aromatic heterocycles. The Morgan fingerprint density at radius 1 is 1.00 bits per heavy atom. The van der Waals surface area contributed by atoms with Gasteiger partial charge in [-0.15, -0.1) is 0 Å². The first-order valence-corrected chi connectivity index (χ1v) is 9.30. The normalized spacial score (nSPS) is 13.1. The summed E-state index contributed by atoms with van der Waals surface area (Å²) in [7, 11) is 0. The van der Waals surface area contributed by atoms with E-state index in [1.54, 1.807) is 0 Å². The van der Waals surface area contributed by atoms with Gasteiger partial charge < -0.3 is 21.5 Å². The van der Waals surface area contributed by atoms with Crippen LogP contribution in [-0.4, -0.2) is 4.57 Å². The number of hydrogen-bond acceptors (Lipinski definition) is 0. The van der Waals surface area contributed by atoms with Crippen molar-refractivity contribution in [3.05, 3.63) is 77.6 Å². The molecule has 0 fully saturated rings. The van der Waals surface area contributed by atoms with Gasteiger partial charge in [-0.25, -0.2) is 0 Å². The highest BCUT2D eigenvalue weighted by molar-refractivity contribution is 5.88. The summed E-state index contributed by atoms with van der Waals surface area (Å²) in [5.74, 6) is 0. The summed E-state index contributed by atoms with van der Waals surface area (Å²) >= 11 is 0. The smallest absolute Gasteiger partial charge is 0.212 e. The summed E-state index contributed by atoms with van der Waals surface area (Å²) in [4.78, 5) is 0. The van der Waals surface area contributed by atoms with Crippen LogP contribution in [-0.2, 0) is 25.9 Å². The molecule has 3 heterocycles. The lowest BCUT2D eigenvalue weighted by molar-refractivity contribution is -0.670. The van der Waals surface area contributed by atoms with E-state index in [4.69, 9.17) is 0 Å². The van der Waals surface area contributed by atoms with Crippen LogP contribution in [0.25, 0.3) is 21.8 Å². The lowest BCUT2D eigenvalue weighted by atomic mass is 10.0. The number of aromatic nitrogens is 2. The monoisotopic (exact) mass is 406 g/mol. The van der Waals surface area contributed by atoms with E-state index in [1.807, 2.05) is 0 Å². The van der Waals surface area contributed by atoms with E-state index >= 15 is 0 Å². The highest BCUT2D eigenvalue weighted by atomic mass is 79.9. The van der Waals surface area contributed by atoms with Crippen LogP contribution in [0.15, 0.2) is 60.8 Å². The van der Waals surface area contributed by atoms with Gasteiger partial charge in [0, 0.05) is 41.6 Å². The Kier molecular flexibility index (Phi) is 4.58.